The van der Waals surface area contributed by atoms with Crippen molar-refractivity contribution in [1.82, 2.24) is 4.31 Å². The number of nitriles is 1. The van der Waals surface area contributed by atoms with Crippen molar-refractivity contribution < 1.29 is 8.42 Å². The van der Waals surface area contributed by atoms with E-state index in [-0.39, 0.29) is 27.6 Å². The maximum Gasteiger partial charge on any atom is 0.243 e. The van der Waals surface area contributed by atoms with E-state index in [0.717, 1.165) is 19.3 Å². The first-order chi connectivity index (χ1) is 9.87. The highest BCUT2D eigenvalue weighted by Gasteiger charge is 2.35. The van der Waals surface area contributed by atoms with Crippen LogP contribution in [0.5, 0.6) is 0 Å². The van der Waals surface area contributed by atoms with Crippen LogP contribution in [0.25, 0.3) is 0 Å². The molecule has 0 radical (unpaired) electrons. The molecular formula is C14H18ClN3O2S. The van der Waals surface area contributed by atoms with E-state index in [1.807, 2.05) is 13.0 Å². The number of nitrogens with two attached hydrogens (primary N) is 1. The Kier molecular flexibility index (Phi) is 4.89. The van der Waals surface area contributed by atoms with Gasteiger partial charge in [-0.05, 0) is 38.0 Å². The van der Waals surface area contributed by atoms with Crippen LogP contribution < -0.4 is 5.73 Å². The van der Waals surface area contributed by atoms with Crippen LogP contribution >= 0.6 is 11.6 Å². The molecule has 1 aliphatic rings. The summed E-state index contributed by atoms with van der Waals surface area (Å²) < 4.78 is 27.0. The molecule has 0 aromatic heterocycles. The van der Waals surface area contributed by atoms with Gasteiger partial charge in [-0.2, -0.15) is 9.57 Å². The van der Waals surface area contributed by atoms with Crippen molar-refractivity contribution in [3.8, 4) is 6.07 Å². The molecule has 1 fully saturated rings. The molecule has 0 saturated carbocycles. The molecule has 1 aromatic rings. The summed E-state index contributed by atoms with van der Waals surface area (Å²) >= 11 is 5.94. The zero-order valence-electron chi connectivity index (χ0n) is 11.8. The largest absolute Gasteiger partial charge is 0.326 e. The molecule has 21 heavy (non-hydrogen) atoms. The summed E-state index contributed by atoms with van der Waals surface area (Å²) in [6, 6.07) is 5.69. The van der Waals surface area contributed by atoms with Gasteiger partial charge in [0.2, 0.25) is 10.0 Å². The second-order valence-corrected chi connectivity index (χ2v) is 7.59. The lowest BCUT2D eigenvalue weighted by Gasteiger charge is -2.36. The van der Waals surface area contributed by atoms with E-state index in [1.54, 1.807) is 0 Å². The summed E-state index contributed by atoms with van der Waals surface area (Å²) in [5.74, 6) is 0. The van der Waals surface area contributed by atoms with Gasteiger partial charge < -0.3 is 5.73 Å². The molecule has 1 saturated heterocycles. The molecular weight excluding hydrogens is 310 g/mol. The van der Waals surface area contributed by atoms with Crippen LogP contribution in [0.3, 0.4) is 0 Å². The van der Waals surface area contributed by atoms with Gasteiger partial charge in [0.25, 0.3) is 0 Å². The lowest BCUT2D eigenvalue weighted by Crippen LogP contribution is -2.51. The molecule has 2 N–H and O–H groups in total. The predicted octanol–water partition coefficient (Wildman–Crippen LogP) is 2.10. The number of rotatable bonds is 3. The van der Waals surface area contributed by atoms with Gasteiger partial charge in [-0.25, -0.2) is 8.42 Å². The summed E-state index contributed by atoms with van der Waals surface area (Å²) in [5, 5.41) is 9.01. The molecule has 1 heterocycles. The Morgan fingerprint density at radius 1 is 1.48 bits per heavy atom. The average molecular weight is 328 g/mol. The third kappa shape index (κ3) is 3.22. The Bertz CT molecular complexity index is 667. The lowest BCUT2D eigenvalue weighted by atomic mass is 10.00. The summed E-state index contributed by atoms with van der Waals surface area (Å²) in [6.45, 7) is 2.29. The number of piperidine rings is 1. The Hall–Kier alpha value is -1.13. The SMILES string of the molecule is C[C@@H](N)[C@H]1CCCCN1S(=O)(=O)c1ccc(C#N)c(Cl)c1. The Morgan fingerprint density at radius 3 is 2.76 bits per heavy atom. The van der Waals surface area contributed by atoms with E-state index in [2.05, 4.69) is 0 Å². The topological polar surface area (TPSA) is 87.2 Å². The first-order valence-corrected chi connectivity index (χ1v) is 8.67. The molecule has 0 bridgehead atoms. The van der Waals surface area contributed by atoms with Crippen molar-refractivity contribution >= 4 is 21.6 Å². The fourth-order valence-electron chi connectivity index (χ4n) is 2.64. The predicted molar refractivity (Wildman–Crippen MR) is 81.3 cm³/mol. The Morgan fingerprint density at radius 2 is 2.19 bits per heavy atom. The summed E-state index contributed by atoms with van der Waals surface area (Å²) in [7, 11) is -3.64. The van der Waals surface area contributed by atoms with E-state index in [1.165, 1.54) is 22.5 Å². The fourth-order valence-corrected chi connectivity index (χ4v) is 4.73. The monoisotopic (exact) mass is 327 g/mol. The summed E-state index contributed by atoms with van der Waals surface area (Å²) in [6.07, 6.45) is 2.57. The van der Waals surface area contributed by atoms with Crippen LogP contribution in [0.1, 0.15) is 31.7 Å². The van der Waals surface area contributed by atoms with E-state index >= 15 is 0 Å². The average Bonchev–Trinajstić information content (AvgIpc) is 2.47. The first kappa shape index (κ1) is 16.2. The third-order valence-corrected chi connectivity index (χ3v) is 6.01. The van der Waals surface area contributed by atoms with E-state index in [9.17, 15) is 8.42 Å². The molecule has 0 spiro atoms. The molecule has 7 heteroatoms. The zero-order valence-corrected chi connectivity index (χ0v) is 13.4. The van der Waals surface area contributed by atoms with Gasteiger partial charge in [-0.15, -0.1) is 0 Å². The molecule has 0 amide bonds. The van der Waals surface area contributed by atoms with Crippen LogP contribution in [-0.2, 0) is 10.0 Å². The van der Waals surface area contributed by atoms with Crippen molar-refractivity contribution in [3.05, 3.63) is 28.8 Å². The molecule has 1 aromatic carbocycles. The minimum Gasteiger partial charge on any atom is -0.326 e. The Balaban J connectivity index is 2.41. The smallest absolute Gasteiger partial charge is 0.243 e. The molecule has 2 rings (SSSR count). The van der Waals surface area contributed by atoms with Crippen LogP contribution in [0.4, 0.5) is 0 Å². The second-order valence-electron chi connectivity index (χ2n) is 5.29. The zero-order chi connectivity index (χ0) is 15.6. The molecule has 114 valence electrons. The number of halogens is 1. The van der Waals surface area contributed by atoms with Gasteiger partial charge in [0.05, 0.1) is 15.5 Å². The maximum absolute atomic E-state index is 12.8. The van der Waals surface area contributed by atoms with Crippen molar-refractivity contribution in [2.24, 2.45) is 5.73 Å². The van der Waals surface area contributed by atoms with Crippen LogP contribution in [-0.4, -0.2) is 31.4 Å². The summed E-state index contributed by atoms with van der Waals surface area (Å²) in [5.41, 5.74) is 6.19. The third-order valence-electron chi connectivity index (χ3n) is 3.77. The molecule has 0 aliphatic carbocycles. The molecule has 0 unspecified atom stereocenters. The van der Waals surface area contributed by atoms with Gasteiger partial charge in [0, 0.05) is 18.6 Å². The quantitative estimate of drug-likeness (QED) is 0.921. The van der Waals surface area contributed by atoms with Crippen molar-refractivity contribution in [2.75, 3.05) is 6.54 Å². The van der Waals surface area contributed by atoms with Crippen molar-refractivity contribution in [2.45, 2.75) is 43.2 Å². The molecule has 1 aliphatic heterocycles. The number of benzene rings is 1. The molecule has 5 nitrogen and oxygen atoms in total. The van der Waals surface area contributed by atoms with E-state index < -0.39 is 10.0 Å². The van der Waals surface area contributed by atoms with Crippen LogP contribution in [0, 0.1) is 11.3 Å². The second kappa shape index (κ2) is 6.32. The minimum atomic E-state index is -3.64. The van der Waals surface area contributed by atoms with Gasteiger partial charge in [-0.3, -0.25) is 0 Å². The fraction of sp³-hybridized carbons (Fsp3) is 0.500. The lowest BCUT2D eigenvalue weighted by molar-refractivity contribution is 0.227. The Labute approximate surface area is 130 Å². The van der Waals surface area contributed by atoms with Crippen molar-refractivity contribution in [1.29, 1.82) is 5.26 Å². The molecule has 2 atom stereocenters. The van der Waals surface area contributed by atoms with Gasteiger partial charge in [0.1, 0.15) is 6.07 Å². The number of hydrogen-bond donors (Lipinski definition) is 1. The number of nitrogens with zero attached hydrogens (tertiary/aromatic N) is 2. The highest BCUT2D eigenvalue weighted by molar-refractivity contribution is 7.89. The normalized spacial score (nSPS) is 21.7. The number of hydrogen-bond acceptors (Lipinski definition) is 4. The van der Waals surface area contributed by atoms with Crippen LogP contribution in [0.15, 0.2) is 23.1 Å². The maximum atomic E-state index is 12.8. The van der Waals surface area contributed by atoms with E-state index in [0.29, 0.717) is 6.54 Å². The van der Waals surface area contributed by atoms with Crippen LogP contribution in [0.2, 0.25) is 5.02 Å². The standard InChI is InChI=1S/C14H18ClN3O2S/c1-10(17)14-4-2-3-7-18(14)21(19,20)12-6-5-11(9-16)13(15)8-12/h5-6,8,10,14H,2-4,7,17H2,1H3/t10-,14-/m1/s1. The minimum absolute atomic E-state index is 0.110. The van der Waals surface area contributed by atoms with Gasteiger partial charge >= 0.3 is 0 Å². The van der Waals surface area contributed by atoms with Crippen molar-refractivity contribution in [3.63, 3.8) is 0 Å². The highest BCUT2D eigenvalue weighted by atomic mass is 35.5. The van der Waals surface area contributed by atoms with E-state index in [4.69, 9.17) is 22.6 Å². The number of sulfonamides is 1. The highest BCUT2D eigenvalue weighted by Crippen LogP contribution is 2.28. The summed E-state index contributed by atoms with van der Waals surface area (Å²) in [4.78, 5) is 0.110. The van der Waals surface area contributed by atoms with Gasteiger partial charge in [0.15, 0.2) is 0 Å². The van der Waals surface area contributed by atoms with Gasteiger partial charge in [-0.1, -0.05) is 18.0 Å². The first-order valence-electron chi connectivity index (χ1n) is 6.85.